The van der Waals surface area contributed by atoms with Crippen molar-refractivity contribution in [2.24, 2.45) is 0 Å². The Labute approximate surface area is 205 Å². The lowest BCUT2D eigenvalue weighted by Gasteiger charge is -2.11. The van der Waals surface area contributed by atoms with Crippen molar-refractivity contribution in [1.82, 2.24) is 0 Å². The molecule has 0 amide bonds. The zero-order chi connectivity index (χ0) is 24.2. The molecule has 1 atom stereocenters. The number of benzene rings is 3. The van der Waals surface area contributed by atoms with Crippen molar-refractivity contribution < 1.29 is 14.3 Å². The van der Waals surface area contributed by atoms with E-state index in [0.29, 0.717) is 11.3 Å². The molecule has 0 fully saturated rings. The van der Waals surface area contributed by atoms with Crippen LogP contribution in [0.15, 0.2) is 72.8 Å². The van der Waals surface area contributed by atoms with E-state index >= 15 is 0 Å². The lowest BCUT2D eigenvalue weighted by atomic mass is 10.00. The maximum Gasteiger partial charge on any atom is 0.343 e. The average molecular weight is 459 g/mol. The van der Waals surface area contributed by atoms with Gasteiger partial charge in [-0.1, -0.05) is 94.0 Å². The molecular formula is C31H38O3. The monoisotopic (exact) mass is 458 g/mol. The topological polar surface area (TPSA) is 35.5 Å². The van der Waals surface area contributed by atoms with Crippen LogP contribution in [0, 0.1) is 0 Å². The summed E-state index contributed by atoms with van der Waals surface area (Å²) < 4.78 is 10.8. The smallest absolute Gasteiger partial charge is 0.343 e. The van der Waals surface area contributed by atoms with Crippen molar-refractivity contribution in [3.63, 3.8) is 0 Å². The molecule has 180 valence electrons. The Morgan fingerprint density at radius 1 is 0.735 bits per heavy atom. The van der Waals surface area contributed by atoms with E-state index in [1.165, 1.54) is 50.5 Å². The second kappa shape index (κ2) is 13.7. The van der Waals surface area contributed by atoms with Gasteiger partial charge >= 0.3 is 5.97 Å². The fraction of sp³-hybridized carbons (Fsp3) is 0.387. The van der Waals surface area contributed by atoms with Gasteiger partial charge in [-0.3, -0.25) is 0 Å². The van der Waals surface area contributed by atoms with E-state index < -0.39 is 0 Å². The zero-order valence-electron chi connectivity index (χ0n) is 20.9. The van der Waals surface area contributed by atoms with E-state index in [1.54, 1.807) is 19.2 Å². The molecule has 1 unspecified atom stereocenters. The van der Waals surface area contributed by atoms with Crippen LogP contribution in [0.2, 0.25) is 0 Å². The van der Waals surface area contributed by atoms with E-state index in [1.807, 2.05) is 43.3 Å². The third-order valence-electron chi connectivity index (χ3n) is 6.39. The molecule has 0 aromatic heterocycles. The van der Waals surface area contributed by atoms with Crippen LogP contribution >= 0.6 is 0 Å². The molecule has 3 heteroatoms. The summed E-state index contributed by atoms with van der Waals surface area (Å²) in [5.41, 5.74) is 5.22. The van der Waals surface area contributed by atoms with Crippen molar-refractivity contribution >= 4 is 5.97 Å². The minimum atomic E-state index is -0.357. The van der Waals surface area contributed by atoms with Crippen molar-refractivity contribution in [2.75, 3.05) is 7.11 Å². The number of unbranched alkanes of at least 4 members (excludes halogenated alkanes) is 6. The van der Waals surface area contributed by atoms with Gasteiger partial charge in [-0.05, 0) is 66.3 Å². The molecule has 0 saturated heterocycles. The Balaban J connectivity index is 1.49. The van der Waals surface area contributed by atoms with Gasteiger partial charge in [0, 0.05) is 7.11 Å². The first-order valence-electron chi connectivity index (χ1n) is 12.6. The Hall–Kier alpha value is -2.91. The molecule has 0 aliphatic heterocycles. The molecule has 0 saturated carbocycles. The highest BCUT2D eigenvalue weighted by Gasteiger charge is 2.10. The van der Waals surface area contributed by atoms with Gasteiger partial charge in [0.15, 0.2) is 0 Å². The van der Waals surface area contributed by atoms with Crippen LogP contribution in [-0.4, -0.2) is 13.1 Å². The predicted molar refractivity (Wildman–Crippen MR) is 140 cm³/mol. The quantitative estimate of drug-likeness (QED) is 0.146. The Morgan fingerprint density at radius 3 is 1.88 bits per heavy atom. The second-order valence-electron chi connectivity index (χ2n) is 8.98. The zero-order valence-corrected chi connectivity index (χ0v) is 20.9. The summed E-state index contributed by atoms with van der Waals surface area (Å²) in [5.74, 6) is 0.168. The Kier molecular flexibility index (Phi) is 10.4. The highest BCUT2D eigenvalue weighted by molar-refractivity contribution is 5.91. The van der Waals surface area contributed by atoms with Crippen LogP contribution in [0.4, 0.5) is 0 Å². The summed E-state index contributed by atoms with van der Waals surface area (Å²) >= 11 is 0. The lowest BCUT2D eigenvalue weighted by Crippen LogP contribution is -2.08. The van der Waals surface area contributed by atoms with Crippen molar-refractivity contribution in [3.8, 4) is 16.9 Å². The highest BCUT2D eigenvalue weighted by Crippen LogP contribution is 2.23. The summed E-state index contributed by atoms with van der Waals surface area (Å²) in [6, 6.07) is 23.8. The highest BCUT2D eigenvalue weighted by atomic mass is 16.5. The summed E-state index contributed by atoms with van der Waals surface area (Å²) in [6.45, 7) is 4.24. The van der Waals surface area contributed by atoms with Crippen LogP contribution in [0.3, 0.4) is 0 Å². The van der Waals surface area contributed by atoms with Crippen molar-refractivity contribution in [1.29, 1.82) is 0 Å². The summed E-state index contributed by atoms with van der Waals surface area (Å²) in [7, 11) is 1.67. The molecule has 34 heavy (non-hydrogen) atoms. The summed E-state index contributed by atoms with van der Waals surface area (Å²) in [6.07, 6.45) is 10.5. The fourth-order valence-corrected chi connectivity index (χ4v) is 4.06. The molecule has 3 rings (SSSR count). The number of hydrogen-bond donors (Lipinski definition) is 0. The minimum absolute atomic E-state index is 0.00619. The van der Waals surface area contributed by atoms with Crippen LogP contribution in [0.5, 0.6) is 5.75 Å². The predicted octanol–water partition coefficient (Wildman–Crippen LogP) is 8.57. The minimum Gasteiger partial charge on any atom is -0.423 e. The van der Waals surface area contributed by atoms with Crippen LogP contribution in [-0.2, 0) is 11.2 Å². The standard InChI is InChI=1S/C31H38O3/c1-4-5-6-7-8-9-10-11-25-12-14-27(15-13-25)28-16-18-29(19-17-28)31(32)34-30-22-20-26(21-23-30)24(2)33-3/h12-24H,4-11H2,1-3H3. The molecule has 0 aliphatic carbocycles. The van der Waals surface area contributed by atoms with E-state index in [4.69, 9.17) is 9.47 Å². The molecule has 0 bridgehead atoms. The van der Waals surface area contributed by atoms with Gasteiger partial charge in [-0.15, -0.1) is 0 Å². The van der Waals surface area contributed by atoms with E-state index in [9.17, 15) is 4.79 Å². The maximum absolute atomic E-state index is 12.5. The molecule has 3 aromatic rings. The SMILES string of the molecule is CCCCCCCCCc1ccc(-c2ccc(C(=O)Oc3ccc(C(C)OC)cc3)cc2)cc1. The first-order chi connectivity index (χ1) is 16.6. The normalized spacial score (nSPS) is 11.9. The lowest BCUT2D eigenvalue weighted by molar-refractivity contribution is 0.0734. The first-order valence-corrected chi connectivity index (χ1v) is 12.6. The van der Waals surface area contributed by atoms with Crippen LogP contribution in [0.25, 0.3) is 11.1 Å². The number of hydrogen-bond acceptors (Lipinski definition) is 3. The van der Waals surface area contributed by atoms with Gasteiger partial charge in [0.1, 0.15) is 5.75 Å². The number of carbonyl (C=O) groups is 1. The number of esters is 1. The van der Waals surface area contributed by atoms with E-state index in [0.717, 1.165) is 23.1 Å². The van der Waals surface area contributed by atoms with Gasteiger partial charge in [-0.2, -0.15) is 0 Å². The largest absolute Gasteiger partial charge is 0.423 e. The molecule has 0 radical (unpaired) electrons. The van der Waals surface area contributed by atoms with E-state index in [2.05, 4.69) is 31.2 Å². The number of ether oxygens (including phenoxy) is 2. The van der Waals surface area contributed by atoms with Gasteiger partial charge in [0.05, 0.1) is 11.7 Å². The molecule has 3 aromatic carbocycles. The molecule has 0 heterocycles. The van der Waals surface area contributed by atoms with Crippen molar-refractivity contribution in [2.45, 2.75) is 71.3 Å². The van der Waals surface area contributed by atoms with Crippen molar-refractivity contribution in [3.05, 3.63) is 89.5 Å². The van der Waals surface area contributed by atoms with Gasteiger partial charge < -0.3 is 9.47 Å². The number of carbonyl (C=O) groups excluding carboxylic acids is 1. The third-order valence-corrected chi connectivity index (χ3v) is 6.39. The van der Waals surface area contributed by atoms with Gasteiger partial charge in [-0.25, -0.2) is 4.79 Å². The Morgan fingerprint density at radius 2 is 1.29 bits per heavy atom. The molecule has 0 spiro atoms. The molecular weight excluding hydrogens is 420 g/mol. The fourth-order valence-electron chi connectivity index (χ4n) is 4.06. The molecule has 0 aliphatic rings. The Bertz CT molecular complexity index is 988. The van der Waals surface area contributed by atoms with E-state index in [-0.39, 0.29) is 12.1 Å². The number of methoxy groups -OCH3 is 1. The number of aryl methyl sites for hydroxylation is 1. The molecule has 3 nitrogen and oxygen atoms in total. The van der Waals surface area contributed by atoms with Gasteiger partial charge in [0.25, 0.3) is 0 Å². The van der Waals surface area contributed by atoms with Crippen LogP contribution < -0.4 is 4.74 Å². The number of rotatable bonds is 13. The maximum atomic E-state index is 12.5. The summed E-state index contributed by atoms with van der Waals surface area (Å²) in [5, 5.41) is 0. The van der Waals surface area contributed by atoms with Crippen LogP contribution in [0.1, 0.15) is 86.4 Å². The molecule has 0 N–H and O–H groups in total. The first kappa shape index (κ1) is 25.7. The summed E-state index contributed by atoms with van der Waals surface area (Å²) in [4.78, 5) is 12.5. The second-order valence-corrected chi connectivity index (χ2v) is 8.98. The average Bonchev–Trinajstić information content (AvgIpc) is 2.88. The third kappa shape index (κ3) is 7.85. The van der Waals surface area contributed by atoms with Gasteiger partial charge in [0.2, 0.25) is 0 Å².